The minimum absolute atomic E-state index is 0.269. The zero-order valence-corrected chi connectivity index (χ0v) is 9.79. The van der Waals surface area contributed by atoms with Crippen molar-refractivity contribution in [3.05, 3.63) is 35.4 Å². The molecule has 0 saturated heterocycles. The van der Waals surface area contributed by atoms with E-state index in [1.165, 1.54) is 12.2 Å². The van der Waals surface area contributed by atoms with Gasteiger partial charge in [-0.25, -0.2) is 0 Å². The lowest BCUT2D eigenvalue weighted by atomic mass is 10.0. The van der Waals surface area contributed by atoms with Crippen molar-refractivity contribution in [3.8, 4) is 0 Å². The molecule has 0 amide bonds. The van der Waals surface area contributed by atoms with E-state index in [0.29, 0.717) is 5.92 Å². The van der Waals surface area contributed by atoms with Gasteiger partial charge >= 0.3 is 0 Å². The van der Waals surface area contributed by atoms with Crippen molar-refractivity contribution in [3.63, 3.8) is 0 Å². The van der Waals surface area contributed by atoms with Gasteiger partial charge in [-0.3, -0.25) is 4.57 Å². The zero-order valence-electron chi connectivity index (χ0n) is 8.90. The highest BCUT2D eigenvalue weighted by Crippen LogP contribution is 2.39. The summed E-state index contributed by atoms with van der Waals surface area (Å²) < 4.78 is 11.2. The molecule has 0 aromatic heterocycles. The van der Waals surface area contributed by atoms with Crippen LogP contribution in [0.4, 0.5) is 0 Å². The van der Waals surface area contributed by atoms with Gasteiger partial charge in [0, 0.05) is 12.8 Å². The average molecular weight is 212 g/mol. The summed E-state index contributed by atoms with van der Waals surface area (Å²) >= 11 is 0. The molecule has 0 aliphatic rings. The molecule has 1 aromatic rings. The van der Waals surface area contributed by atoms with Crippen molar-refractivity contribution >= 4 is 7.37 Å². The van der Waals surface area contributed by atoms with Crippen LogP contribution in [0.15, 0.2) is 24.3 Å². The van der Waals surface area contributed by atoms with E-state index in [-0.39, 0.29) is 6.16 Å². The van der Waals surface area contributed by atoms with Gasteiger partial charge in [0.05, 0.1) is 0 Å². The zero-order chi connectivity index (χ0) is 10.8. The van der Waals surface area contributed by atoms with E-state index in [9.17, 15) is 9.46 Å². The first kappa shape index (κ1) is 11.5. The van der Waals surface area contributed by atoms with Crippen LogP contribution in [0, 0.1) is 0 Å². The third-order valence-corrected chi connectivity index (χ3v) is 3.07. The maximum absolute atomic E-state index is 11.2. The highest BCUT2D eigenvalue weighted by Gasteiger charge is 2.10. The standard InChI is InChI=1S/C11H17O2P/c1-9(2)11-6-4-10(5-7-11)8-14(3,12)13/h4-7,9H,8H2,1-3H3,(H,12,13). The fraction of sp³-hybridized carbons (Fsp3) is 0.455. The van der Waals surface area contributed by atoms with E-state index < -0.39 is 7.37 Å². The Morgan fingerprint density at radius 3 is 2.14 bits per heavy atom. The quantitative estimate of drug-likeness (QED) is 0.781. The number of rotatable bonds is 3. The molecule has 1 atom stereocenters. The predicted molar refractivity (Wildman–Crippen MR) is 60.0 cm³/mol. The third-order valence-electron chi connectivity index (χ3n) is 2.12. The van der Waals surface area contributed by atoms with E-state index in [2.05, 4.69) is 13.8 Å². The molecular weight excluding hydrogens is 195 g/mol. The molecule has 1 N–H and O–H groups in total. The lowest BCUT2D eigenvalue weighted by Gasteiger charge is -2.08. The van der Waals surface area contributed by atoms with E-state index in [1.807, 2.05) is 24.3 Å². The second-order valence-corrected chi connectivity index (χ2v) is 6.52. The minimum Gasteiger partial charge on any atom is -0.344 e. The van der Waals surface area contributed by atoms with Crippen LogP contribution < -0.4 is 0 Å². The summed E-state index contributed by atoms with van der Waals surface area (Å²) in [6, 6.07) is 7.91. The maximum Gasteiger partial charge on any atom is 0.201 e. The molecule has 0 aliphatic heterocycles. The molecule has 0 spiro atoms. The van der Waals surface area contributed by atoms with Crippen molar-refractivity contribution in [2.75, 3.05) is 6.66 Å². The highest BCUT2D eigenvalue weighted by molar-refractivity contribution is 7.56. The van der Waals surface area contributed by atoms with Gasteiger partial charge in [0.15, 0.2) is 0 Å². The van der Waals surface area contributed by atoms with E-state index in [1.54, 1.807) is 0 Å². The average Bonchev–Trinajstić information content (AvgIpc) is 2.02. The van der Waals surface area contributed by atoms with Crippen molar-refractivity contribution in [1.82, 2.24) is 0 Å². The highest BCUT2D eigenvalue weighted by atomic mass is 31.2. The van der Waals surface area contributed by atoms with Crippen molar-refractivity contribution in [2.45, 2.75) is 25.9 Å². The van der Waals surface area contributed by atoms with Crippen molar-refractivity contribution < 1.29 is 9.46 Å². The molecule has 78 valence electrons. The molecule has 2 nitrogen and oxygen atoms in total. The Morgan fingerprint density at radius 2 is 1.79 bits per heavy atom. The Labute approximate surface area is 85.4 Å². The first-order chi connectivity index (χ1) is 6.38. The molecule has 0 fully saturated rings. The van der Waals surface area contributed by atoms with Gasteiger partial charge in [0.2, 0.25) is 7.37 Å². The first-order valence-corrected chi connectivity index (χ1v) is 7.06. The van der Waals surface area contributed by atoms with Crippen molar-refractivity contribution in [2.24, 2.45) is 0 Å². The van der Waals surface area contributed by atoms with Crippen LogP contribution in [0.25, 0.3) is 0 Å². The molecule has 1 unspecified atom stereocenters. The molecule has 0 heterocycles. The number of benzene rings is 1. The molecule has 1 rings (SSSR count). The summed E-state index contributed by atoms with van der Waals surface area (Å²) in [5, 5.41) is 0. The second kappa shape index (κ2) is 4.29. The molecule has 0 saturated carbocycles. The fourth-order valence-electron chi connectivity index (χ4n) is 1.35. The molecule has 14 heavy (non-hydrogen) atoms. The van der Waals surface area contributed by atoms with Crippen molar-refractivity contribution in [1.29, 1.82) is 0 Å². The molecule has 0 radical (unpaired) electrons. The molecular formula is C11H17O2P. The summed E-state index contributed by atoms with van der Waals surface area (Å²) in [6.07, 6.45) is 0.269. The fourth-order valence-corrected chi connectivity index (χ4v) is 2.24. The Hall–Kier alpha value is -0.590. The van der Waals surface area contributed by atoms with Gasteiger partial charge in [-0.1, -0.05) is 38.1 Å². The van der Waals surface area contributed by atoms with Crippen LogP contribution >= 0.6 is 7.37 Å². The molecule has 0 bridgehead atoms. The van der Waals surface area contributed by atoms with Gasteiger partial charge in [0.25, 0.3) is 0 Å². The van der Waals surface area contributed by atoms with E-state index in [4.69, 9.17) is 0 Å². The monoisotopic (exact) mass is 212 g/mol. The topological polar surface area (TPSA) is 37.3 Å². The largest absolute Gasteiger partial charge is 0.344 e. The normalized spacial score (nSPS) is 15.5. The summed E-state index contributed by atoms with van der Waals surface area (Å²) in [5.41, 5.74) is 2.19. The summed E-state index contributed by atoms with van der Waals surface area (Å²) in [7, 11) is -2.93. The SMILES string of the molecule is CC(C)c1ccc(CP(C)(=O)O)cc1. The van der Waals surface area contributed by atoms with Gasteiger partial charge in [0.1, 0.15) is 0 Å². The Kier molecular flexibility index (Phi) is 3.52. The number of hydrogen-bond acceptors (Lipinski definition) is 1. The van der Waals surface area contributed by atoms with Crippen LogP contribution in [0.5, 0.6) is 0 Å². The molecule has 3 heteroatoms. The second-order valence-electron chi connectivity index (χ2n) is 4.11. The summed E-state index contributed by atoms with van der Waals surface area (Å²) in [6.45, 7) is 5.65. The smallest absolute Gasteiger partial charge is 0.201 e. The van der Waals surface area contributed by atoms with Gasteiger partial charge in [-0.15, -0.1) is 0 Å². The minimum atomic E-state index is -2.93. The Bertz CT molecular complexity index is 335. The maximum atomic E-state index is 11.2. The van der Waals surface area contributed by atoms with Crippen LogP contribution in [-0.2, 0) is 10.7 Å². The molecule has 0 aliphatic carbocycles. The number of hydrogen-bond donors (Lipinski definition) is 1. The van der Waals surface area contributed by atoms with Gasteiger partial charge in [-0.2, -0.15) is 0 Å². The van der Waals surface area contributed by atoms with Crippen LogP contribution in [-0.4, -0.2) is 11.6 Å². The van der Waals surface area contributed by atoms with Crippen LogP contribution in [0.2, 0.25) is 0 Å². The van der Waals surface area contributed by atoms with Crippen LogP contribution in [0.3, 0.4) is 0 Å². The Balaban J connectivity index is 2.79. The van der Waals surface area contributed by atoms with E-state index >= 15 is 0 Å². The predicted octanol–water partition coefficient (Wildman–Crippen LogP) is 3.21. The lowest BCUT2D eigenvalue weighted by Crippen LogP contribution is -1.90. The molecule has 1 aromatic carbocycles. The van der Waals surface area contributed by atoms with E-state index in [0.717, 1.165) is 5.56 Å². The summed E-state index contributed by atoms with van der Waals surface area (Å²) in [5.74, 6) is 0.506. The van der Waals surface area contributed by atoms with Gasteiger partial charge < -0.3 is 4.89 Å². The lowest BCUT2D eigenvalue weighted by molar-refractivity contribution is 0.484. The third kappa shape index (κ3) is 3.65. The summed E-state index contributed by atoms with van der Waals surface area (Å²) in [4.78, 5) is 9.21. The Morgan fingerprint density at radius 1 is 1.29 bits per heavy atom. The van der Waals surface area contributed by atoms with Gasteiger partial charge in [-0.05, 0) is 17.0 Å². The van der Waals surface area contributed by atoms with Crippen LogP contribution in [0.1, 0.15) is 30.9 Å². The first-order valence-electron chi connectivity index (χ1n) is 4.76.